The summed E-state index contributed by atoms with van der Waals surface area (Å²) in [5, 5.41) is 3.43. The number of benzene rings is 2. The molecule has 5 heteroatoms. The van der Waals surface area contributed by atoms with Gasteiger partial charge < -0.3 is 10.1 Å². The Hall–Kier alpha value is -3.11. The van der Waals surface area contributed by atoms with Crippen LogP contribution in [-0.4, -0.2) is 17.0 Å². The van der Waals surface area contributed by atoms with Gasteiger partial charge in [-0.1, -0.05) is 41.9 Å². The Morgan fingerprint density at radius 3 is 2.70 bits per heavy atom. The summed E-state index contributed by atoms with van der Waals surface area (Å²) >= 11 is 5.94. The molecule has 3 aromatic rings. The summed E-state index contributed by atoms with van der Waals surface area (Å²) in [5.41, 5.74) is 2.53. The molecule has 1 N–H and O–H groups in total. The van der Waals surface area contributed by atoms with Gasteiger partial charge in [-0.3, -0.25) is 9.78 Å². The second kappa shape index (κ2) is 9.01. The van der Waals surface area contributed by atoms with Gasteiger partial charge >= 0.3 is 0 Å². The number of amides is 1. The highest BCUT2D eigenvalue weighted by atomic mass is 35.5. The highest BCUT2D eigenvalue weighted by molar-refractivity contribution is 6.30. The first-order chi connectivity index (χ1) is 13.1. The van der Waals surface area contributed by atoms with Crippen LogP contribution >= 0.6 is 11.6 Å². The number of pyridine rings is 1. The third kappa shape index (κ3) is 5.69. The second-order valence-corrected chi connectivity index (χ2v) is 6.36. The number of ether oxygens (including phenoxy) is 1. The summed E-state index contributed by atoms with van der Waals surface area (Å²) in [6.45, 7) is 1.70. The lowest BCUT2D eigenvalue weighted by molar-refractivity contribution is -0.122. The fourth-order valence-corrected chi connectivity index (χ4v) is 2.60. The van der Waals surface area contributed by atoms with Gasteiger partial charge in [0, 0.05) is 16.9 Å². The Balaban J connectivity index is 1.63. The number of carbonyl (C=O) groups excluding carboxylic acids is 1. The highest BCUT2D eigenvalue weighted by Gasteiger charge is 2.15. The van der Waals surface area contributed by atoms with Crippen LogP contribution in [0.3, 0.4) is 0 Å². The van der Waals surface area contributed by atoms with Crippen LogP contribution < -0.4 is 10.1 Å². The van der Waals surface area contributed by atoms with Crippen molar-refractivity contribution >= 4 is 35.3 Å². The van der Waals surface area contributed by atoms with Crippen molar-refractivity contribution in [3.8, 4) is 5.75 Å². The van der Waals surface area contributed by atoms with Gasteiger partial charge in [-0.15, -0.1) is 0 Å². The first kappa shape index (κ1) is 18.7. The van der Waals surface area contributed by atoms with Crippen LogP contribution in [0.1, 0.15) is 18.2 Å². The van der Waals surface area contributed by atoms with Gasteiger partial charge in [0.15, 0.2) is 6.10 Å². The minimum Gasteiger partial charge on any atom is -0.481 e. The largest absolute Gasteiger partial charge is 0.481 e. The van der Waals surface area contributed by atoms with Gasteiger partial charge in [0.05, 0.1) is 5.69 Å². The van der Waals surface area contributed by atoms with E-state index in [-0.39, 0.29) is 5.91 Å². The quantitative estimate of drug-likeness (QED) is 0.632. The number of aromatic nitrogens is 1. The predicted octanol–water partition coefficient (Wildman–Crippen LogP) is 5.31. The maximum absolute atomic E-state index is 12.4. The third-order valence-electron chi connectivity index (χ3n) is 3.77. The van der Waals surface area contributed by atoms with Crippen molar-refractivity contribution in [3.05, 3.63) is 89.2 Å². The summed E-state index contributed by atoms with van der Waals surface area (Å²) in [6, 6.07) is 20.3. The Bertz CT molecular complexity index is 942. The van der Waals surface area contributed by atoms with Crippen LogP contribution in [0.4, 0.5) is 5.69 Å². The molecular weight excluding hydrogens is 360 g/mol. The molecule has 0 spiro atoms. The average molecular weight is 379 g/mol. The number of hydrogen-bond acceptors (Lipinski definition) is 3. The van der Waals surface area contributed by atoms with Crippen LogP contribution in [0, 0.1) is 0 Å². The number of anilines is 1. The van der Waals surface area contributed by atoms with E-state index in [1.165, 1.54) is 0 Å². The molecule has 0 aliphatic rings. The van der Waals surface area contributed by atoms with Crippen molar-refractivity contribution in [2.45, 2.75) is 13.0 Å². The van der Waals surface area contributed by atoms with E-state index in [9.17, 15) is 4.79 Å². The summed E-state index contributed by atoms with van der Waals surface area (Å²) in [5.74, 6) is 0.318. The maximum Gasteiger partial charge on any atom is 0.265 e. The Morgan fingerprint density at radius 2 is 1.93 bits per heavy atom. The molecule has 1 unspecified atom stereocenters. The molecule has 0 radical (unpaired) electrons. The highest BCUT2D eigenvalue weighted by Crippen LogP contribution is 2.19. The minimum absolute atomic E-state index is 0.235. The number of nitrogens with zero attached hydrogens (tertiary/aromatic N) is 1. The number of nitrogens with one attached hydrogen (secondary N) is 1. The van der Waals surface area contributed by atoms with Crippen LogP contribution in [0.5, 0.6) is 5.75 Å². The van der Waals surface area contributed by atoms with E-state index in [2.05, 4.69) is 10.3 Å². The molecule has 27 heavy (non-hydrogen) atoms. The maximum atomic E-state index is 12.4. The van der Waals surface area contributed by atoms with E-state index >= 15 is 0 Å². The zero-order valence-electron chi connectivity index (χ0n) is 14.8. The monoisotopic (exact) mass is 378 g/mol. The van der Waals surface area contributed by atoms with E-state index in [0.717, 1.165) is 11.3 Å². The third-order valence-corrected chi connectivity index (χ3v) is 4.00. The molecular formula is C22H19ClN2O2. The number of carbonyl (C=O) groups is 1. The molecule has 1 amide bonds. The molecule has 0 saturated heterocycles. The minimum atomic E-state index is -0.656. The molecule has 4 nitrogen and oxygen atoms in total. The van der Waals surface area contributed by atoms with Gasteiger partial charge in [0.2, 0.25) is 0 Å². The Kier molecular flexibility index (Phi) is 6.23. The molecule has 0 aliphatic carbocycles. The number of rotatable bonds is 6. The van der Waals surface area contributed by atoms with Crippen LogP contribution in [-0.2, 0) is 4.79 Å². The molecule has 0 saturated carbocycles. The van der Waals surface area contributed by atoms with Crippen molar-refractivity contribution < 1.29 is 9.53 Å². The lowest BCUT2D eigenvalue weighted by Crippen LogP contribution is -2.30. The van der Waals surface area contributed by atoms with E-state index in [0.29, 0.717) is 16.5 Å². The normalized spacial score (nSPS) is 11.9. The molecule has 0 bridgehead atoms. The molecule has 1 atom stereocenters. The zero-order chi connectivity index (χ0) is 19.1. The molecule has 1 heterocycles. The van der Waals surface area contributed by atoms with Gasteiger partial charge in [0.25, 0.3) is 5.91 Å². The summed E-state index contributed by atoms with van der Waals surface area (Å²) in [4.78, 5) is 16.6. The summed E-state index contributed by atoms with van der Waals surface area (Å²) < 4.78 is 5.65. The van der Waals surface area contributed by atoms with E-state index in [1.807, 2.05) is 54.6 Å². The van der Waals surface area contributed by atoms with Crippen molar-refractivity contribution in [1.82, 2.24) is 4.98 Å². The fourth-order valence-electron chi connectivity index (χ4n) is 2.42. The van der Waals surface area contributed by atoms with Crippen molar-refractivity contribution in [3.63, 3.8) is 0 Å². The summed E-state index contributed by atoms with van der Waals surface area (Å²) in [6.07, 6.45) is 4.96. The second-order valence-electron chi connectivity index (χ2n) is 5.92. The van der Waals surface area contributed by atoms with Crippen LogP contribution in [0.2, 0.25) is 5.02 Å². The van der Waals surface area contributed by atoms with Gasteiger partial charge in [-0.05, 0) is 61.0 Å². The number of halogens is 1. The van der Waals surface area contributed by atoms with E-state index < -0.39 is 6.10 Å². The summed E-state index contributed by atoms with van der Waals surface area (Å²) in [7, 11) is 0. The molecule has 3 rings (SSSR count). The number of hydrogen-bond donors (Lipinski definition) is 1. The van der Waals surface area contributed by atoms with E-state index in [4.69, 9.17) is 16.3 Å². The van der Waals surface area contributed by atoms with Crippen molar-refractivity contribution in [2.75, 3.05) is 5.32 Å². The fraction of sp³-hybridized carbons (Fsp3) is 0.0909. The van der Waals surface area contributed by atoms with Gasteiger partial charge in [0.1, 0.15) is 5.75 Å². The van der Waals surface area contributed by atoms with Crippen LogP contribution in [0.25, 0.3) is 12.2 Å². The van der Waals surface area contributed by atoms with E-state index in [1.54, 1.807) is 37.4 Å². The predicted molar refractivity (Wildman–Crippen MR) is 110 cm³/mol. The SMILES string of the molecule is CC(Oc1cccc(Cl)c1)C(=O)Nc1cccc(/C=C/c2ccccn2)c1. The molecule has 1 aromatic heterocycles. The van der Waals surface area contributed by atoms with Crippen molar-refractivity contribution in [2.24, 2.45) is 0 Å². The molecule has 2 aromatic carbocycles. The lowest BCUT2D eigenvalue weighted by atomic mass is 10.1. The lowest BCUT2D eigenvalue weighted by Gasteiger charge is -2.15. The smallest absolute Gasteiger partial charge is 0.265 e. The Morgan fingerprint density at radius 1 is 1.07 bits per heavy atom. The molecule has 136 valence electrons. The Labute approximate surface area is 163 Å². The van der Waals surface area contributed by atoms with Crippen molar-refractivity contribution in [1.29, 1.82) is 0 Å². The molecule has 0 aliphatic heterocycles. The standard InChI is InChI=1S/C22H19ClN2O2/c1-16(27-21-10-5-7-18(23)15-21)22(26)25-20-9-4-6-17(14-20)11-12-19-8-2-3-13-24-19/h2-16H,1H3,(H,25,26)/b12-11+. The van der Waals surface area contributed by atoms with Crippen LogP contribution in [0.15, 0.2) is 72.9 Å². The van der Waals surface area contributed by atoms with Gasteiger partial charge in [-0.25, -0.2) is 0 Å². The van der Waals surface area contributed by atoms with Gasteiger partial charge in [-0.2, -0.15) is 0 Å². The first-order valence-electron chi connectivity index (χ1n) is 8.52. The first-order valence-corrected chi connectivity index (χ1v) is 8.90. The molecule has 0 fully saturated rings. The average Bonchev–Trinajstić information content (AvgIpc) is 2.67. The zero-order valence-corrected chi connectivity index (χ0v) is 15.6. The topological polar surface area (TPSA) is 51.2 Å².